The number of likely N-dealkylation sites (tertiary alicyclic amines) is 1. The van der Waals surface area contributed by atoms with Crippen molar-refractivity contribution in [3.05, 3.63) is 29.3 Å². The minimum Gasteiger partial charge on any atom is -0.481 e. The van der Waals surface area contributed by atoms with Crippen LogP contribution in [0.3, 0.4) is 0 Å². The van der Waals surface area contributed by atoms with Gasteiger partial charge in [0.25, 0.3) is 0 Å². The fourth-order valence-corrected chi connectivity index (χ4v) is 3.74. The van der Waals surface area contributed by atoms with Crippen molar-refractivity contribution in [1.29, 1.82) is 0 Å². The smallest absolute Gasteiger partial charge is 0.394 e. The van der Waals surface area contributed by atoms with Gasteiger partial charge in [-0.15, -0.1) is 11.8 Å². The average Bonchev–Trinajstić information content (AvgIpc) is 2.96. The number of nitrogens with zero attached hydrogens (tertiary/aromatic N) is 1. The number of aryl methyl sites for hydroxylation is 2. The van der Waals surface area contributed by atoms with Gasteiger partial charge < -0.3 is 10.0 Å². The molecule has 1 saturated heterocycles. The molecule has 4 nitrogen and oxygen atoms in total. The van der Waals surface area contributed by atoms with Gasteiger partial charge in [0.15, 0.2) is 0 Å². The molecular formula is C17H20F3NO3S. The van der Waals surface area contributed by atoms with Crippen LogP contribution in [0.15, 0.2) is 23.1 Å². The Labute approximate surface area is 148 Å². The predicted octanol–water partition coefficient (Wildman–Crippen LogP) is 3.51. The van der Waals surface area contributed by atoms with Crippen LogP contribution in [0.4, 0.5) is 13.2 Å². The number of hydrogen-bond acceptors (Lipinski definition) is 3. The largest absolute Gasteiger partial charge is 0.481 e. The Morgan fingerprint density at radius 2 is 1.92 bits per heavy atom. The number of benzene rings is 1. The third-order valence-corrected chi connectivity index (χ3v) is 5.47. The molecule has 25 heavy (non-hydrogen) atoms. The van der Waals surface area contributed by atoms with Crippen molar-refractivity contribution in [3.63, 3.8) is 0 Å². The van der Waals surface area contributed by atoms with E-state index in [0.29, 0.717) is 5.75 Å². The maximum atomic E-state index is 12.9. The summed E-state index contributed by atoms with van der Waals surface area (Å²) < 4.78 is 38.8. The molecule has 0 aromatic heterocycles. The topological polar surface area (TPSA) is 57.6 Å². The van der Waals surface area contributed by atoms with Gasteiger partial charge in [-0.3, -0.25) is 9.59 Å². The van der Waals surface area contributed by atoms with Gasteiger partial charge in [0.2, 0.25) is 5.91 Å². The monoisotopic (exact) mass is 375 g/mol. The molecule has 2 rings (SSSR count). The number of halogens is 3. The third-order valence-electron chi connectivity index (χ3n) is 4.47. The molecule has 1 aliphatic heterocycles. The molecule has 1 heterocycles. The predicted molar refractivity (Wildman–Crippen MR) is 88.5 cm³/mol. The number of carboxylic acids is 1. The number of hydrogen-bond donors (Lipinski definition) is 1. The standard InChI is InChI=1S/C17H20F3NO3S/c1-10-3-4-12(7-11(10)2)25-6-5-15(22)21-8-13(16(23)24)14(9-21)17(18,19)20/h3-4,7,13-14H,5-6,8-9H2,1-2H3,(H,23,24)/t13-,14-/m1/s1. The van der Waals surface area contributed by atoms with Crippen LogP contribution in [0.1, 0.15) is 17.5 Å². The summed E-state index contributed by atoms with van der Waals surface area (Å²) in [6.45, 7) is 3.02. The Balaban J connectivity index is 1.90. The molecule has 0 unspecified atom stereocenters. The summed E-state index contributed by atoms with van der Waals surface area (Å²) in [6, 6.07) is 5.92. The Morgan fingerprint density at radius 1 is 1.24 bits per heavy atom. The average molecular weight is 375 g/mol. The normalized spacial score (nSPS) is 20.8. The van der Waals surface area contributed by atoms with Crippen LogP contribution in [0.25, 0.3) is 0 Å². The Kier molecular flexibility index (Phi) is 6.03. The van der Waals surface area contributed by atoms with Crippen molar-refractivity contribution in [2.45, 2.75) is 31.3 Å². The lowest BCUT2D eigenvalue weighted by Gasteiger charge is -2.18. The van der Waals surface area contributed by atoms with Crippen LogP contribution in [0.5, 0.6) is 0 Å². The number of carbonyl (C=O) groups excluding carboxylic acids is 1. The zero-order valence-corrected chi connectivity index (χ0v) is 14.8. The first-order chi connectivity index (χ1) is 11.6. The van der Waals surface area contributed by atoms with E-state index in [4.69, 9.17) is 5.11 Å². The summed E-state index contributed by atoms with van der Waals surface area (Å²) in [5.74, 6) is -5.10. The maximum Gasteiger partial charge on any atom is 0.394 e. The third kappa shape index (κ3) is 4.90. The molecule has 0 bridgehead atoms. The highest BCUT2D eigenvalue weighted by molar-refractivity contribution is 7.99. The highest BCUT2D eigenvalue weighted by Crippen LogP contribution is 2.38. The van der Waals surface area contributed by atoms with E-state index >= 15 is 0 Å². The van der Waals surface area contributed by atoms with Crippen LogP contribution >= 0.6 is 11.8 Å². The van der Waals surface area contributed by atoms with E-state index in [9.17, 15) is 22.8 Å². The summed E-state index contributed by atoms with van der Waals surface area (Å²) in [6.07, 6.45) is -4.54. The summed E-state index contributed by atoms with van der Waals surface area (Å²) in [7, 11) is 0. The molecule has 1 aromatic rings. The number of amides is 1. The molecule has 138 valence electrons. The molecule has 1 amide bonds. The number of carboxylic acid groups (broad SMARTS) is 1. The van der Waals surface area contributed by atoms with E-state index in [-0.39, 0.29) is 13.0 Å². The van der Waals surface area contributed by atoms with E-state index in [1.807, 2.05) is 32.0 Å². The Morgan fingerprint density at radius 3 is 2.44 bits per heavy atom. The van der Waals surface area contributed by atoms with Gasteiger partial charge in [-0.2, -0.15) is 13.2 Å². The van der Waals surface area contributed by atoms with Gasteiger partial charge in [-0.1, -0.05) is 6.07 Å². The highest BCUT2D eigenvalue weighted by atomic mass is 32.2. The summed E-state index contributed by atoms with van der Waals surface area (Å²) in [5, 5.41) is 8.98. The van der Waals surface area contributed by atoms with Gasteiger partial charge >= 0.3 is 12.1 Å². The summed E-state index contributed by atoms with van der Waals surface area (Å²) >= 11 is 1.46. The van der Waals surface area contributed by atoms with E-state index in [2.05, 4.69) is 0 Å². The van der Waals surface area contributed by atoms with E-state index in [0.717, 1.165) is 20.9 Å². The molecule has 0 saturated carbocycles. The van der Waals surface area contributed by atoms with Crippen molar-refractivity contribution in [1.82, 2.24) is 4.90 Å². The van der Waals surface area contributed by atoms with Crippen molar-refractivity contribution in [2.24, 2.45) is 11.8 Å². The van der Waals surface area contributed by atoms with Crippen molar-refractivity contribution in [2.75, 3.05) is 18.8 Å². The zero-order valence-electron chi connectivity index (χ0n) is 14.0. The number of thioether (sulfide) groups is 1. The highest BCUT2D eigenvalue weighted by Gasteiger charge is 2.53. The Hall–Kier alpha value is -1.70. The van der Waals surface area contributed by atoms with Crippen LogP contribution in [-0.4, -0.2) is 46.9 Å². The molecule has 1 N–H and O–H groups in total. The van der Waals surface area contributed by atoms with Crippen molar-refractivity contribution < 1.29 is 27.9 Å². The van der Waals surface area contributed by atoms with Crippen molar-refractivity contribution >= 4 is 23.6 Å². The summed E-state index contributed by atoms with van der Waals surface area (Å²) in [5.41, 5.74) is 2.29. The van der Waals surface area contributed by atoms with Crippen LogP contribution in [-0.2, 0) is 9.59 Å². The maximum absolute atomic E-state index is 12.9. The van der Waals surface area contributed by atoms with Crippen LogP contribution in [0.2, 0.25) is 0 Å². The van der Waals surface area contributed by atoms with Gasteiger partial charge in [0.05, 0.1) is 11.8 Å². The number of carbonyl (C=O) groups is 2. The SMILES string of the molecule is Cc1ccc(SCCC(=O)N2C[C@@H](C(F)(F)F)[C@H](C(=O)O)C2)cc1C. The quantitative estimate of drug-likeness (QED) is 0.801. The number of aliphatic carboxylic acids is 1. The van der Waals surface area contributed by atoms with Gasteiger partial charge in [-0.25, -0.2) is 0 Å². The number of alkyl halides is 3. The van der Waals surface area contributed by atoms with Crippen LogP contribution in [0, 0.1) is 25.7 Å². The van der Waals surface area contributed by atoms with Gasteiger partial charge in [-0.05, 0) is 37.1 Å². The molecule has 2 atom stereocenters. The zero-order chi connectivity index (χ0) is 18.8. The second-order valence-corrected chi connectivity index (χ2v) is 7.40. The molecule has 0 radical (unpaired) electrons. The summed E-state index contributed by atoms with van der Waals surface area (Å²) in [4.78, 5) is 25.2. The van der Waals surface area contributed by atoms with E-state index in [1.54, 1.807) is 0 Å². The van der Waals surface area contributed by atoms with Crippen molar-refractivity contribution in [3.8, 4) is 0 Å². The molecule has 1 fully saturated rings. The van der Waals surface area contributed by atoms with E-state index < -0.39 is 36.4 Å². The fourth-order valence-electron chi connectivity index (χ4n) is 2.81. The number of rotatable bonds is 5. The molecule has 0 aliphatic carbocycles. The second kappa shape index (κ2) is 7.68. The van der Waals surface area contributed by atoms with Gasteiger partial charge in [0, 0.05) is 30.2 Å². The second-order valence-electron chi connectivity index (χ2n) is 6.24. The lowest BCUT2D eigenvalue weighted by atomic mass is 9.96. The lowest BCUT2D eigenvalue weighted by molar-refractivity contribution is -0.188. The van der Waals surface area contributed by atoms with E-state index in [1.165, 1.54) is 11.8 Å². The lowest BCUT2D eigenvalue weighted by Crippen LogP contribution is -2.34. The minimum absolute atomic E-state index is 0.0779. The molecular weight excluding hydrogens is 355 g/mol. The Bertz CT molecular complexity index is 663. The molecule has 1 aliphatic rings. The molecule has 1 aromatic carbocycles. The van der Waals surface area contributed by atoms with Crippen LogP contribution < -0.4 is 0 Å². The molecule has 8 heteroatoms. The first kappa shape index (κ1) is 19.6. The first-order valence-electron chi connectivity index (χ1n) is 7.87. The molecule has 0 spiro atoms. The van der Waals surface area contributed by atoms with Gasteiger partial charge in [0.1, 0.15) is 0 Å². The fraction of sp³-hybridized carbons (Fsp3) is 0.529. The first-order valence-corrected chi connectivity index (χ1v) is 8.85. The minimum atomic E-state index is -4.62.